The van der Waals surface area contributed by atoms with E-state index in [4.69, 9.17) is 0 Å². The molecule has 5 heteroatoms. The Hall–Kier alpha value is -1.98. The molecule has 0 bridgehead atoms. The standard InChI is InChI=1S/C19H15BrN2OS/c1-13-21-17(14-5-3-2-4-6-14)11-19(22-13)24-12-18(23)15-7-9-16(20)10-8-15/h2-11H,12H2,1H3. The second-order valence-corrected chi connectivity index (χ2v) is 7.13. The highest BCUT2D eigenvalue weighted by Gasteiger charge is 2.09. The SMILES string of the molecule is Cc1nc(SCC(=O)c2ccc(Br)cc2)cc(-c2ccccc2)n1. The minimum absolute atomic E-state index is 0.0880. The Morgan fingerprint density at radius 2 is 1.75 bits per heavy atom. The van der Waals surface area contributed by atoms with Crippen molar-refractivity contribution in [2.24, 2.45) is 0 Å². The Bertz CT molecular complexity index is 851. The number of thioether (sulfide) groups is 1. The molecule has 0 aliphatic heterocycles. The summed E-state index contributed by atoms with van der Waals surface area (Å²) in [6.07, 6.45) is 0. The molecule has 3 nitrogen and oxygen atoms in total. The molecule has 0 fully saturated rings. The highest BCUT2D eigenvalue weighted by molar-refractivity contribution is 9.10. The number of hydrogen-bond acceptors (Lipinski definition) is 4. The average molecular weight is 399 g/mol. The molecule has 0 aliphatic carbocycles. The van der Waals surface area contributed by atoms with Crippen LogP contribution in [0.15, 0.2) is 70.2 Å². The van der Waals surface area contributed by atoms with Gasteiger partial charge in [-0.3, -0.25) is 4.79 Å². The lowest BCUT2D eigenvalue weighted by Crippen LogP contribution is -2.03. The van der Waals surface area contributed by atoms with Gasteiger partial charge < -0.3 is 0 Å². The van der Waals surface area contributed by atoms with Crippen LogP contribution in [0.4, 0.5) is 0 Å². The van der Waals surface area contributed by atoms with Gasteiger partial charge in [-0.25, -0.2) is 9.97 Å². The van der Waals surface area contributed by atoms with Gasteiger partial charge in [0, 0.05) is 15.6 Å². The molecule has 0 saturated carbocycles. The van der Waals surface area contributed by atoms with Crippen LogP contribution in [0, 0.1) is 6.92 Å². The second-order valence-electron chi connectivity index (χ2n) is 5.22. The predicted molar refractivity (Wildman–Crippen MR) is 101 cm³/mol. The van der Waals surface area contributed by atoms with Gasteiger partial charge in [0.1, 0.15) is 10.9 Å². The highest BCUT2D eigenvalue weighted by Crippen LogP contribution is 2.24. The molecule has 0 saturated heterocycles. The summed E-state index contributed by atoms with van der Waals surface area (Å²) in [5.41, 5.74) is 2.63. The number of Topliss-reactive ketones (excluding diaryl/α,β-unsaturated/α-hetero) is 1. The van der Waals surface area contributed by atoms with Crippen molar-refractivity contribution in [3.8, 4) is 11.3 Å². The third-order valence-electron chi connectivity index (χ3n) is 3.40. The Labute approximate surface area is 153 Å². The van der Waals surface area contributed by atoms with Crippen molar-refractivity contribution < 1.29 is 4.79 Å². The van der Waals surface area contributed by atoms with E-state index in [1.54, 1.807) is 0 Å². The van der Waals surface area contributed by atoms with Crippen molar-refractivity contribution in [3.05, 3.63) is 76.5 Å². The Balaban J connectivity index is 1.74. The first-order chi connectivity index (χ1) is 11.6. The van der Waals surface area contributed by atoms with Crippen molar-refractivity contribution in [2.75, 3.05) is 5.75 Å². The smallest absolute Gasteiger partial charge is 0.173 e. The summed E-state index contributed by atoms with van der Waals surface area (Å²) in [4.78, 5) is 21.2. The number of carbonyl (C=O) groups excluding carboxylic acids is 1. The first kappa shape index (κ1) is 16.9. The fraction of sp³-hybridized carbons (Fsp3) is 0.105. The van der Waals surface area contributed by atoms with Gasteiger partial charge in [0.25, 0.3) is 0 Å². The summed E-state index contributed by atoms with van der Waals surface area (Å²) in [6.45, 7) is 1.87. The minimum Gasteiger partial charge on any atom is -0.293 e. The fourth-order valence-electron chi connectivity index (χ4n) is 2.23. The van der Waals surface area contributed by atoms with Crippen LogP contribution in [0.3, 0.4) is 0 Å². The Morgan fingerprint density at radius 3 is 2.46 bits per heavy atom. The zero-order valence-corrected chi connectivity index (χ0v) is 15.5. The molecule has 0 spiro atoms. The molecule has 2 aromatic carbocycles. The van der Waals surface area contributed by atoms with Gasteiger partial charge in [-0.15, -0.1) is 0 Å². The van der Waals surface area contributed by atoms with Gasteiger partial charge in [-0.2, -0.15) is 0 Å². The molecule has 3 rings (SSSR count). The lowest BCUT2D eigenvalue weighted by Gasteiger charge is -2.06. The van der Waals surface area contributed by atoms with Gasteiger partial charge >= 0.3 is 0 Å². The van der Waals surface area contributed by atoms with E-state index in [-0.39, 0.29) is 5.78 Å². The van der Waals surface area contributed by atoms with Crippen LogP contribution in [-0.2, 0) is 0 Å². The summed E-state index contributed by atoms with van der Waals surface area (Å²) < 4.78 is 0.964. The monoisotopic (exact) mass is 398 g/mol. The highest BCUT2D eigenvalue weighted by atomic mass is 79.9. The molecule has 0 unspecified atom stereocenters. The topological polar surface area (TPSA) is 42.9 Å². The van der Waals surface area contributed by atoms with Crippen LogP contribution in [0.1, 0.15) is 16.2 Å². The maximum Gasteiger partial charge on any atom is 0.173 e. The van der Waals surface area contributed by atoms with E-state index in [0.29, 0.717) is 17.1 Å². The molecule has 0 radical (unpaired) electrons. The molecule has 120 valence electrons. The third-order valence-corrected chi connectivity index (χ3v) is 4.84. The van der Waals surface area contributed by atoms with E-state index in [1.807, 2.05) is 67.6 Å². The van der Waals surface area contributed by atoms with E-state index in [1.165, 1.54) is 11.8 Å². The lowest BCUT2D eigenvalue weighted by molar-refractivity contribution is 0.102. The van der Waals surface area contributed by atoms with E-state index in [2.05, 4.69) is 25.9 Å². The van der Waals surface area contributed by atoms with Gasteiger partial charge in [0.05, 0.1) is 11.4 Å². The normalized spacial score (nSPS) is 10.6. The number of rotatable bonds is 5. The molecule has 0 amide bonds. The second kappa shape index (κ2) is 7.73. The van der Waals surface area contributed by atoms with Crippen LogP contribution < -0.4 is 0 Å². The third kappa shape index (κ3) is 4.30. The summed E-state index contributed by atoms with van der Waals surface area (Å²) in [5, 5.41) is 0.812. The molecule has 24 heavy (non-hydrogen) atoms. The van der Waals surface area contributed by atoms with Gasteiger partial charge in [0.15, 0.2) is 5.78 Å². The summed E-state index contributed by atoms with van der Waals surface area (Å²) in [7, 11) is 0. The average Bonchev–Trinajstić information content (AvgIpc) is 2.60. The van der Waals surface area contributed by atoms with Crippen molar-refractivity contribution in [1.29, 1.82) is 0 Å². The van der Waals surface area contributed by atoms with Crippen molar-refractivity contribution in [2.45, 2.75) is 11.9 Å². The van der Waals surface area contributed by atoms with Crippen LogP contribution >= 0.6 is 27.7 Å². The summed E-state index contributed by atoms with van der Waals surface area (Å²) in [6, 6.07) is 19.3. The fourth-order valence-corrected chi connectivity index (χ4v) is 3.33. The molecule has 3 aromatic rings. The maximum absolute atomic E-state index is 12.3. The zero-order chi connectivity index (χ0) is 16.9. The maximum atomic E-state index is 12.3. The number of aromatic nitrogens is 2. The number of halogens is 1. The number of aryl methyl sites for hydroxylation is 1. The van der Waals surface area contributed by atoms with Crippen LogP contribution in [0.5, 0.6) is 0 Å². The van der Waals surface area contributed by atoms with Crippen LogP contribution in [0.2, 0.25) is 0 Å². The predicted octanol–water partition coefficient (Wildman–Crippen LogP) is 5.19. The zero-order valence-electron chi connectivity index (χ0n) is 13.1. The quantitative estimate of drug-likeness (QED) is 0.337. The first-order valence-electron chi connectivity index (χ1n) is 7.44. The van der Waals surface area contributed by atoms with E-state index < -0.39 is 0 Å². The Kier molecular flexibility index (Phi) is 5.43. The van der Waals surface area contributed by atoms with Crippen molar-refractivity contribution in [3.63, 3.8) is 0 Å². The van der Waals surface area contributed by atoms with Crippen molar-refractivity contribution in [1.82, 2.24) is 9.97 Å². The summed E-state index contributed by atoms with van der Waals surface area (Å²) in [5.74, 6) is 1.15. The molecule has 1 aromatic heterocycles. The number of carbonyl (C=O) groups is 1. The largest absolute Gasteiger partial charge is 0.293 e. The van der Waals surface area contributed by atoms with E-state index >= 15 is 0 Å². The molecule has 0 atom stereocenters. The van der Waals surface area contributed by atoms with Gasteiger partial charge in [0.2, 0.25) is 0 Å². The van der Waals surface area contributed by atoms with Crippen LogP contribution in [0.25, 0.3) is 11.3 Å². The van der Waals surface area contributed by atoms with Gasteiger partial charge in [-0.05, 0) is 25.1 Å². The molecular formula is C19H15BrN2OS. The summed E-state index contributed by atoms with van der Waals surface area (Å²) >= 11 is 4.81. The number of hydrogen-bond donors (Lipinski definition) is 0. The number of ketones is 1. The molecule has 0 aliphatic rings. The van der Waals surface area contributed by atoms with Gasteiger partial charge in [-0.1, -0.05) is 70.2 Å². The van der Waals surface area contributed by atoms with Crippen LogP contribution in [-0.4, -0.2) is 21.5 Å². The minimum atomic E-state index is 0.0880. The molecule has 1 heterocycles. The molecule has 0 N–H and O–H groups in total. The van der Waals surface area contributed by atoms with Crippen molar-refractivity contribution >= 4 is 33.5 Å². The lowest BCUT2D eigenvalue weighted by atomic mass is 10.1. The molecular weight excluding hydrogens is 384 g/mol. The number of benzene rings is 2. The number of nitrogens with zero attached hydrogens (tertiary/aromatic N) is 2. The Morgan fingerprint density at radius 1 is 1.04 bits per heavy atom. The van der Waals surface area contributed by atoms with E-state index in [9.17, 15) is 4.79 Å². The van der Waals surface area contributed by atoms with E-state index in [0.717, 1.165) is 20.8 Å². The first-order valence-corrected chi connectivity index (χ1v) is 9.22.